The van der Waals surface area contributed by atoms with Crippen molar-refractivity contribution in [3.63, 3.8) is 0 Å². The van der Waals surface area contributed by atoms with Crippen LogP contribution in [0.2, 0.25) is 5.02 Å². The summed E-state index contributed by atoms with van der Waals surface area (Å²) in [7, 11) is 3.22. The van der Waals surface area contributed by atoms with Gasteiger partial charge in [0.1, 0.15) is 6.10 Å². The van der Waals surface area contributed by atoms with Crippen molar-refractivity contribution in [1.82, 2.24) is 31.2 Å². The molecule has 0 unspecified atom stereocenters. The van der Waals surface area contributed by atoms with Crippen LogP contribution in [0.4, 0.5) is 0 Å². The Bertz CT molecular complexity index is 1980. The van der Waals surface area contributed by atoms with Crippen LogP contribution in [0, 0.1) is 0 Å². The van der Waals surface area contributed by atoms with Crippen LogP contribution in [0.15, 0.2) is 59.1 Å². The van der Waals surface area contributed by atoms with E-state index in [2.05, 4.69) is 49.3 Å². The number of carbonyl (C=O) groups is 2. The largest absolute Gasteiger partial charge is 0.481 e. The molecule has 0 bridgehead atoms. The number of hydrogen-bond acceptors (Lipinski definition) is 9. The summed E-state index contributed by atoms with van der Waals surface area (Å²) in [5, 5.41) is 13.4. The van der Waals surface area contributed by atoms with E-state index < -0.39 is 0 Å². The lowest BCUT2D eigenvalue weighted by Crippen LogP contribution is -2.35. The van der Waals surface area contributed by atoms with Crippen molar-refractivity contribution in [2.75, 3.05) is 27.3 Å². The Morgan fingerprint density at radius 2 is 1.40 bits per heavy atom. The first-order chi connectivity index (χ1) is 25.3. The van der Waals surface area contributed by atoms with Crippen molar-refractivity contribution in [3.8, 4) is 40.0 Å². The van der Waals surface area contributed by atoms with Gasteiger partial charge in [0.05, 0.1) is 29.4 Å². The first-order valence-electron chi connectivity index (χ1n) is 17.7. The van der Waals surface area contributed by atoms with E-state index in [9.17, 15) is 9.59 Å². The van der Waals surface area contributed by atoms with E-state index >= 15 is 0 Å². The van der Waals surface area contributed by atoms with Gasteiger partial charge in [0.2, 0.25) is 29.5 Å². The summed E-state index contributed by atoms with van der Waals surface area (Å²) in [6, 6.07) is 18.5. The Balaban J connectivity index is 1.06. The number of amides is 2. The van der Waals surface area contributed by atoms with Gasteiger partial charge in [-0.2, -0.15) is 4.98 Å². The summed E-state index contributed by atoms with van der Waals surface area (Å²) < 4.78 is 18.6. The number of benzene rings is 2. The van der Waals surface area contributed by atoms with E-state index in [4.69, 9.17) is 35.8 Å². The molecule has 52 heavy (non-hydrogen) atoms. The molecule has 2 aromatic carbocycles. The molecule has 2 saturated heterocycles. The smallest absolute Gasteiger partial charge is 0.231 e. The van der Waals surface area contributed by atoms with Crippen LogP contribution >= 0.6 is 27.5 Å². The molecule has 3 aliphatic rings. The Morgan fingerprint density at radius 3 is 2.08 bits per heavy atom. The SMILES string of the molecule is COc1nc(-c2cccc(-c3cccc4c3CC[C@@H]4Oc3nc(OC)c(CNC[C@@H]4CCC(=O)N4)cc3Br)c2Cl)ccc1CNC[C@@H]1CCC(=O)N1. The summed E-state index contributed by atoms with van der Waals surface area (Å²) >= 11 is 10.9. The van der Waals surface area contributed by atoms with Gasteiger partial charge in [-0.15, -0.1) is 0 Å². The number of ether oxygens (including phenoxy) is 3. The Labute approximate surface area is 316 Å². The van der Waals surface area contributed by atoms with Gasteiger partial charge in [-0.05, 0) is 70.4 Å². The number of halogens is 2. The molecule has 2 amide bonds. The first kappa shape index (κ1) is 36.1. The van der Waals surface area contributed by atoms with Crippen molar-refractivity contribution in [1.29, 1.82) is 0 Å². The molecule has 4 heterocycles. The lowest BCUT2D eigenvalue weighted by Gasteiger charge is -2.19. The van der Waals surface area contributed by atoms with E-state index in [0.29, 0.717) is 61.7 Å². The maximum atomic E-state index is 11.5. The third kappa shape index (κ3) is 7.90. The third-order valence-electron chi connectivity index (χ3n) is 9.93. The van der Waals surface area contributed by atoms with Crippen molar-refractivity contribution < 1.29 is 23.8 Å². The van der Waals surface area contributed by atoms with Gasteiger partial charge in [-0.3, -0.25) is 9.59 Å². The average Bonchev–Trinajstić information content (AvgIpc) is 3.89. The van der Waals surface area contributed by atoms with Gasteiger partial charge in [-0.1, -0.05) is 54.1 Å². The average molecular weight is 790 g/mol. The second kappa shape index (κ2) is 16.2. The fraction of sp³-hybridized carbons (Fsp3) is 0.385. The van der Waals surface area contributed by atoms with Crippen molar-refractivity contribution in [2.24, 2.45) is 0 Å². The summed E-state index contributed by atoms with van der Waals surface area (Å²) in [6.45, 7) is 2.48. The number of pyridine rings is 2. The van der Waals surface area contributed by atoms with Crippen LogP contribution in [0.25, 0.3) is 22.4 Å². The molecule has 0 spiro atoms. The molecule has 3 atom stereocenters. The molecule has 4 N–H and O–H groups in total. The minimum atomic E-state index is -0.197. The summed E-state index contributed by atoms with van der Waals surface area (Å²) in [4.78, 5) is 32.6. The number of nitrogens with one attached hydrogen (secondary N) is 4. The van der Waals surface area contributed by atoms with Gasteiger partial charge in [-0.25, -0.2) is 4.98 Å². The summed E-state index contributed by atoms with van der Waals surface area (Å²) in [5.74, 6) is 1.70. The second-order valence-electron chi connectivity index (χ2n) is 13.4. The van der Waals surface area contributed by atoms with Crippen LogP contribution in [0.5, 0.6) is 17.6 Å². The predicted octanol–water partition coefficient (Wildman–Crippen LogP) is 6.05. The fourth-order valence-corrected chi connectivity index (χ4v) is 8.08. The molecule has 0 saturated carbocycles. The van der Waals surface area contributed by atoms with Gasteiger partial charge in [0.15, 0.2) is 0 Å². The lowest BCUT2D eigenvalue weighted by molar-refractivity contribution is -0.120. The predicted molar refractivity (Wildman–Crippen MR) is 203 cm³/mol. The maximum Gasteiger partial charge on any atom is 0.231 e. The minimum Gasteiger partial charge on any atom is -0.481 e. The van der Waals surface area contributed by atoms with E-state index in [1.165, 1.54) is 5.56 Å². The zero-order valence-corrected chi connectivity index (χ0v) is 31.5. The van der Waals surface area contributed by atoms with Gasteiger partial charge < -0.3 is 35.5 Å². The topological polar surface area (TPSA) is 136 Å². The fourth-order valence-electron chi connectivity index (χ4n) is 7.30. The van der Waals surface area contributed by atoms with Crippen LogP contribution in [0.3, 0.4) is 0 Å². The quantitative estimate of drug-likeness (QED) is 0.121. The van der Waals surface area contributed by atoms with Gasteiger partial charge in [0, 0.05) is 73.4 Å². The lowest BCUT2D eigenvalue weighted by atomic mass is 9.94. The highest BCUT2D eigenvalue weighted by Gasteiger charge is 2.29. The highest BCUT2D eigenvalue weighted by atomic mass is 79.9. The zero-order chi connectivity index (χ0) is 36.2. The van der Waals surface area contributed by atoms with E-state index in [-0.39, 0.29) is 30.0 Å². The molecule has 4 aromatic rings. The second-order valence-corrected chi connectivity index (χ2v) is 14.6. The van der Waals surface area contributed by atoms with Gasteiger partial charge >= 0.3 is 0 Å². The molecular formula is C39H42BrClN6O5. The van der Waals surface area contributed by atoms with Crippen molar-refractivity contribution in [3.05, 3.63) is 86.3 Å². The van der Waals surface area contributed by atoms with Crippen LogP contribution in [-0.2, 0) is 29.1 Å². The molecule has 7 rings (SSSR count). The molecule has 2 aliphatic heterocycles. The third-order valence-corrected chi connectivity index (χ3v) is 10.9. The summed E-state index contributed by atoms with van der Waals surface area (Å²) in [5.41, 5.74) is 7.64. The minimum absolute atomic E-state index is 0.103. The highest BCUT2D eigenvalue weighted by molar-refractivity contribution is 9.10. The molecule has 2 aromatic heterocycles. The number of hydrogen-bond donors (Lipinski definition) is 4. The number of fused-ring (bicyclic) bond motifs is 1. The molecular weight excluding hydrogens is 748 g/mol. The number of nitrogens with zero attached hydrogens (tertiary/aromatic N) is 2. The van der Waals surface area contributed by atoms with Crippen LogP contribution < -0.4 is 35.5 Å². The normalized spacial score (nSPS) is 19.3. The van der Waals surface area contributed by atoms with E-state index in [0.717, 1.165) is 69.2 Å². The van der Waals surface area contributed by atoms with Crippen molar-refractivity contribution in [2.45, 2.75) is 69.8 Å². The zero-order valence-electron chi connectivity index (χ0n) is 29.2. The maximum absolute atomic E-state index is 11.5. The van der Waals surface area contributed by atoms with Crippen molar-refractivity contribution >= 4 is 39.3 Å². The Hall–Kier alpha value is -4.23. The van der Waals surface area contributed by atoms with Crippen LogP contribution in [-0.4, -0.2) is 61.2 Å². The number of methoxy groups -OCH3 is 2. The van der Waals surface area contributed by atoms with E-state index in [1.54, 1.807) is 14.2 Å². The number of rotatable bonds is 14. The number of aromatic nitrogens is 2. The Morgan fingerprint density at radius 1 is 0.769 bits per heavy atom. The molecule has 272 valence electrons. The molecule has 13 heteroatoms. The van der Waals surface area contributed by atoms with Crippen LogP contribution in [0.1, 0.15) is 60.5 Å². The first-order valence-corrected chi connectivity index (χ1v) is 18.8. The number of carbonyl (C=O) groups excluding carboxylic acids is 2. The Kier molecular flexibility index (Phi) is 11.3. The standard InChI is InChI=1S/C39H42BrClN6O5/c1-50-37-22(18-42-20-24-10-15-34(48)44-24)9-13-32(46-37)30-8-4-7-29(36(30)41)26-5-3-6-28-27(26)12-14-33(28)52-39-31(40)17-23(38(47-39)51-2)19-43-21-25-11-16-35(49)45-25/h3-9,13,17,24-25,33,42-43H,10-12,14-16,18-21H2,1-2H3,(H,44,48)(H,45,49)/t24-,25-,33-/m0/s1. The monoisotopic (exact) mass is 788 g/mol. The molecule has 1 aliphatic carbocycles. The summed E-state index contributed by atoms with van der Waals surface area (Å²) in [6.07, 6.45) is 4.25. The van der Waals surface area contributed by atoms with E-state index in [1.807, 2.05) is 42.5 Å². The highest BCUT2D eigenvalue weighted by Crippen LogP contribution is 2.44. The molecule has 2 fully saturated rings. The molecule has 11 nitrogen and oxygen atoms in total. The molecule has 0 radical (unpaired) electrons. The van der Waals surface area contributed by atoms with Gasteiger partial charge in [0.25, 0.3) is 0 Å².